The number of hydrogen-bond acceptors (Lipinski definition) is 3. The molecule has 5 nitrogen and oxygen atoms in total. The average molecular weight is 409 g/mol. The number of rotatable bonds is 7. The first-order valence-electron chi connectivity index (χ1n) is 8.62. The molecule has 0 unspecified atom stereocenters. The molecule has 3 aromatic rings. The summed E-state index contributed by atoms with van der Waals surface area (Å²) in [6, 6.07) is 18.1. The predicted octanol–water partition coefficient (Wildman–Crippen LogP) is 3.22. The summed E-state index contributed by atoms with van der Waals surface area (Å²) >= 11 is 0. The van der Waals surface area contributed by atoms with Crippen LogP contribution in [0.4, 0.5) is 0 Å². The highest BCUT2D eigenvalue weighted by Gasteiger charge is 2.16. The van der Waals surface area contributed by atoms with Crippen molar-refractivity contribution in [3.63, 3.8) is 0 Å². The number of aryl methyl sites for hydroxylation is 1. The maximum Gasteiger partial charge on any atom is 0.242 e. The molecule has 2 aromatic carbocycles. The summed E-state index contributed by atoms with van der Waals surface area (Å²) in [5.41, 5.74) is 8.85. The van der Waals surface area contributed by atoms with Crippen molar-refractivity contribution in [1.82, 2.24) is 14.5 Å². The SMILES string of the molecule is Cc1nc2ccccc2n1CC(=O)N(CCN)CCc1ccccc1.Cl.Cl. The number of nitrogens with two attached hydrogens (primary N) is 1. The Hall–Kier alpha value is -2.08. The molecule has 0 aliphatic carbocycles. The van der Waals surface area contributed by atoms with Crippen LogP contribution in [-0.4, -0.2) is 40.0 Å². The van der Waals surface area contributed by atoms with E-state index in [0.29, 0.717) is 26.2 Å². The quantitative estimate of drug-likeness (QED) is 0.652. The summed E-state index contributed by atoms with van der Waals surface area (Å²) in [6.07, 6.45) is 0.830. The Kier molecular flexibility index (Phi) is 9.29. The number of carbonyl (C=O) groups is 1. The molecule has 0 aliphatic rings. The van der Waals surface area contributed by atoms with Crippen LogP contribution in [0.1, 0.15) is 11.4 Å². The van der Waals surface area contributed by atoms with Crippen LogP contribution in [0.25, 0.3) is 11.0 Å². The molecular formula is C20H26Cl2N4O. The minimum Gasteiger partial charge on any atom is -0.340 e. The fraction of sp³-hybridized carbons (Fsp3) is 0.300. The number of nitrogens with zero attached hydrogens (tertiary/aromatic N) is 3. The fourth-order valence-corrected chi connectivity index (χ4v) is 3.06. The zero-order chi connectivity index (χ0) is 17.6. The van der Waals surface area contributed by atoms with Crippen molar-refractivity contribution in [3.05, 3.63) is 66.0 Å². The van der Waals surface area contributed by atoms with Crippen molar-refractivity contribution in [2.45, 2.75) is 19.9 Å². The van der Waals surface area contributed by atoms with Gasteiger partial charge in [0.2, 0.25) is 5.91 Å². The number of benzene rings is 2. The lowest BCUT2D eigenvalue weighted by Crippen LogP contribution is -2.39. The van der Waals surface area contributed by atoms with E-state index in [0.717, 1.165) is 23.3 Å². The molecular weight excluding hydrogens is 383 g/mol. The summed E-state index contributed by atoms with van der Waals surface area (Å²) in [5, 5.41) is 0. The normalized spacial score (nSPS) is 10.1. The van der Waals surface area contributed by atoms with Crippen molar-refractivity contribution in [3.8, 4) is 0 Å². The van der Waals surface area contributed by atoms with Crippen LogP contribution in [0, 0.1) is 6.92 Å². The lowest BCUT2D eigenvalue weighted by atomic mass is 10.1. The minimum absolute atomic E-state index is 0. The van der Waals surface area contributed by atoms with Gasteiger partial charge in [0.15, 0.2) is 0 Å². The molecule has 1 amide bonds. The van der Waals surface area contributed by atoms with Gasteiger partial charge in [-0.05, 0) is 31.0 Å². The van der Waals surface area contributed by atoms with Gasteiger partial charge in [0.25, 0.3) is 0 Å². The minimum atomic E-state index is 0. The Bertz CT molecular complexity index is 852. The lowest BCUT2D eigenvalue weighted by Gasteiger charge is -2.23. The lowest BCUT2D eigenvalue weighted by molar-refractivity contribution is -0.131. The number of amides is 1. The zero-order valence-electron chi connectivity index (χ0n) is 15.4. The van der Waals surface area contributed by atoms with E-state index in [1.807, 2.05) is 58.9 Å². The van der Waals surface area contributed by atoms with Crippen LogP contribution in [0.2, 0.25) is 0 Å². The van der Waals surface area contributed by atoms with E-state index in [2.05, 4.69) is 17.1 Å². The standard InChI is InChI=1S/C20H24N4O.2ClH/c1-16-22-18-9-5-6-10-19(18)24(16)15-20(25)23(14-12-21)13-11-17-7-3-2-4-8-17;;/h2-10H,11-15,21H2,1H3;2*1H. The summed E-state index contributed by atoms with van der Waals surface area (Å²) in [7, 11) is 0. The van der Waals surface area contributed by atoms with Gasteiger partial charge >= 0.3 is 0 Å². The van der Waals surface area contributed by atoms with Gasteiger partial charge in [-0.25, -0.2) is 4.98 Å². The van der Waals surface area contributed by atoms with Crippen LogP contribution in [0.15, 0.2) is 54.6 Å². The summed E-state index contributed by atoms with van der Waals surface area (Å²) in [4.78, 5) is 19.2. The van der Waals surface area contributed by atoms with Gasteiger partial charge in [0, 0.05) is 19.6 Å². The smallest absolute Gasteiger partial charge is 0.242 e. The monoisotopic (exact) mass is 408 g/mol. The van der Waals surface area contributed by atoms with Gasteiger partial charge in [0.1, 0.15) is 12.4 Å². The number of para-hydroxylation sites is 2. The third-order valence-corrected chi connectivity index (χ3v) is 4.40. The second-order valence-electron chi connectivity index (χ2n) is 6.14. The Balaban J connectivity index is 0.00000182. The molecule has 2 N–H and O–H groups in total. The molecule has 0 saturated heterocycles. The first-order valence-corrected chi connectivity index (χ1v) is 8.62. The Labute approximate surface area is 172 Å². The van der Waals surface area contributed by atoms with Crippen LogP contribution in [0.3, 0.4) is 0 Å². The van der Waals surface area contributed by atoms with Crippen molar-refractivity contribution in [1.29, 1.82) is 0 Å². The second-order valence-corrected chi connectivity index (χ2v) is 6.14. The van der Waals surface area contributed by atoms with Crippen molar-refractivity contribution >= 4 is 41.8 Å². The highest BCUT2D eigenvalue weighted by atomic mass is 35.5. The number of carbonyl (C=O) groups excluding carboxylic acids is 1. The zero-order valence-corrected chi connectivity index (χ0v) is 17.0. The van der Waals surface area contributed by atoms with Gasteiger partial charge in [-0.3, -0.25) is 4.79 Å². The first-order chi connectivity index (χ1) is 12.2. The van der Waals surface area contributed by atoms with Gasteiger partial charge in [-0.15, -0.1) is 24.8 Å². The molecule has 0 spiro atoms. The summed E-state index contributed by atoms with van der Waals surface area (Å²) in [5.74, 6) is 0.929. The van der Waals surface area contributed by atoms with Gasteiger partial charge in [0.05, 0.1) is 11.0 Å². The predicted molar refractivity (Wildman–Crippen MR) is 115 cm³/mol. The number of aromatic nitrogens is 2. The molecule has 0 bridgehead atoms. The third kappa shape index (κ3) is 5.70. The summed E-state index contributed by atoms with van der Waals surface area (Å²) < 4.78 is 1.98. The highest BCUT2D eigenvalue weighted by molar-refractivity contribution is 5.85. The Morgan fingerprint density at radius 1 is 1.04 bits per heavy atom. The maximum absolute atomic E-state index is 12.8. The molecule has 0 saturated carbocycles. The molecule has 0 atom stereocenters. The van der Waals surface area contributed by atoms with Crippen molar-refractivity contribution in [2.24, 2.45) is 5.73 Å². The van der Waals surface area contributed by atoms with E-state index in [1.54, 1.807) is 0 Å². The van der Waals surface area contributed by atoms with Crippen molar-refractivity contribution in [2.75, 3.05) is 19.6 Å². The summed E-state index contributed by atoms with van der Waals surface area (Å²) in [6.45, 7) is 3.93. The van der Waals surface area contributed by atoms with Crippen LogP contribution in [-0.2, 0) is 17.8 Å². The maximum atomic E-state index is 12.8. The Morgan fingerprint density at radius 2 is 1.70 bits per heavy atom. The molecule has 0 fully saturated rings. The number of fused-ring (bicyclic) bond motifs is 1. The van der Waals surface area contributed by atoms with Crippen LogP contribution in [0.5, 0.6) is 0 Å². The van der Waals surface area contributed by atoms with E-state index < -0.39 is 0 Å². The Morgan fingerprint density at radius 3 is 2.41 bits per heavy atom. The molecule has 27 heavy (non-hydrogen) atoms. The molecule has 0 aliphatic heterocycles. The van der Waals surface area contributed by atoms with Crippen molar-refractivity contribution < 1.29 is 4.79 Å². The number of halogens is 2. The molecule has 146 valence electrons. The molecule has 7 heteroatoms. The molecule has 0 radical (unpaired) electrons. The van der Waals surface area contributed by atoms with E-state index in [1.165, 1.54) is 5.56 Å². The van der Waals surface area contributed by atoms with E-state index in [-0.39, 0.29) is 30.7 Å². The first kappa shape index (κ1) is 23.0. The molecule has 3 rings (SSSR count). The average Bonchev–Trinajstić information content (AvgIpc) is 2.95. The van der Waals surface area contributed by atoms with Crippen LogP contribution < -0.4 is 5.73 Å². The topological polar surface area (TPSA) is 64.2 Å². The van der Waals surface area contributed by atoms with E-state index in [4.69, 9.17) is 5.73 Å². The van der Waals surface area contributed by atoms with E-state index >= 15 is 0 Å². The van der Waals surface area contributed by atoms with Gasteiger partial charge < -0.3 is 15.2 Å². The van der Waals surface area contributed by atoms with Crippen LogP contribution >= 0.6 is 24.8 Å². The largest absolute Gasteiger partial charge is 0.340 e. The number of hydrogen-bond donors (Lipinski definition) is 1. The molecule has 1 aromatic heterocycles. The third-order valence-electron chi connectivity index (χ3n) is 4.40. The van der Waals surface area contributed by atoms with Gasteiger partial charge in [-0.1, -0.05) is 42.5 Å². The second kappa shape index (κ2) is 10.9. The number of imidazole rings is 1. The van der Waals surface area contributed by atoms with Gasteiger partial charge in [-0.2, -0.15) is 0 Å². The van der Waals surface area contributed by atoms with E-state index in [9.17, 15) is 4.79 Å². The highest BCUT2D eigenvalue weighted by Crippen LogP contribution is 2.15. The molecule has 1 heterocycles. The fourth-order valence-electron chi connectivity index (χ4n) is 3.06.